The number of rotatable bonds is 4. The highest BCUT2D eigenvalue weighted by Gasteiger charge is 2.20. The normalized spacial score (nSPS) is 15.4. The number of hydrogen-bond acceptors (Lipinski definition) is 5. The molecule has 0 aliphatic heterocycles. The van der Waals surface area contributed by atoms with Gasteiger partial charge in [-0.1, -0.05) is 12.8 Å². The molecule has 3 rings (SSSR count). The summed E-state index contributed by atoms with van der Waals surface area (Å²) in [6, 6.07) is 3.63. The highest BCUT2D eigenvalue weighted by Crippen LogP contribution is 2.35. The molecule has 2 aromatic heterocycles. The van der Waals surface area contributed by atoms with Crippen LogP contribution in [0.2, 0.25) is 0 Å². The molecule has 2 heterocycles. The quantitative estimate of drug-likeness (QED) is 0.933. The van der Waals surface area contributed by atoms with Crippen LogP contribution in [0.4, 0.5) is 5.13 Å². The van der Waals surface area contributed by atoms with Gasteiger partial charge in [-0.25, -0.2) is 9.97 Å². The molecule has 1 fully saturated rings. The van der Waals surface area contributed by atoms with Crippen molar-refractivity contribution < 1.29 is 4.79 Å². The predicted molar refractivity (Wildman–Crippen MR) is 82.4 cm³/mol. The molecule has 0 radical (unpaired) electrons. The molecule has 4 nitrogen and oxygen atoms in total. The van der Waals surface area contributed by atoms with E-state index in [0.29, 0.717) is 15.9 Å². The Balaban J connectivity index is 1.76. The second-order valence-corrected chi connectivity index (χ2v) is 6.86. The first kappa shape index (κ1) is 13.6. The van der Waals surface area contributed by atoms with Gasteiger partial charge < -0.3 is 0 Å². The van der Waals surface area contributed by atoms with E-state index >= 15 is 0 Å². The van der Waals surface area contributed by atoms with Gasteiger partial charge in [0.05, 0.1) is 5.56 Å². The topological polar surface area (TPSA) is 54.9 Å². The Morgan fingerprint density at radius 3 is 2.90 bits per heavy atom. The van der Waals surface area contributed by atoms with Crippen LogP contribution in [-0.2, 0) is 0 Å². The molecule has 1 amide bonds. The van der Waals surface area contributed by atoms with Crippen molar-refractivity contribution in [3.05, 3.63) is 35.5 Å². The number of anilines is 1. The smallest absolute Gasteiger partial charge is 0.260 e. The minimum atomic E-state index is -0.131. The maximum Gasteiger partial charge on any atom is 0.260 e. The molecule has 0 bridgehead atoms. The van der Waals surface area contributed by atoms with Crippen LogP contribution < -0.4 is 5.32 Å². The number of nitrogens with zero attached hydrogens (tertiary/aromatic N) is 2. The first-order chi connectivity index (χ1) is 9.83. The van der Waals surface area contributed by atoms with Crippen LogP contribution in [-0.4, -0.2) is 21.1 Å². The Morgan fingerprint density at radius 1 is 1.30 bits per heavy atom. The summed E-state index contributed by atoms with van der Waals surface area (Å²) in [5.41, 5.74) is 0.639. The van der Waals surface area contributed by atoms with Crippen LogP contribution in [0.15, 0.2) is 34.9 Å². The Bertz CT molecular complexity index is 580. The Kier molecular flexibility index (Phi) is 4.32. The molecule has 1 aliphatic carbocycles. The third-order valence-corrected chi connectivity index (χ3v) is 5.29. The van der Waals surface area contributed by atoms with Crippen molar-refractivity contribution in [3.8, 4) is 0 Å². The van der Waals surface area contributed by atoms with E-state index in [1.807, 2.05) is 11.4 Å². The third-order valence-electron chi connectivity index (χ3n) is 3.25. The van der Waals surface area contributed by atoms with Crippen molar-refractivity contribution in [2.24, 2.45) is 0 Å². The van der Waals surface area contributed by atoms with Gasteiger partial charge in [-0.05, 0) is 25.0 Å². The Morgan fingerprint density at radius 2 is 2.15 bits per heavy atom. The summed E-state index contributed by atoms with van der Waals surface area (Å²) >= 11 is 3.14. The zero-order valence-electron chi connectivity index (χ0n) is 10.9. The number of pyridine rings is 1. The van der Waals surface area contributed by atoms with E-state index in [1.165, 1.54) is 37.0 Å². The van der Waals surface area contributed by atoms with Gasteiger partial charge >= 0.3 is 0 Å². The largest absolute Gasteiger partial charge is 0.298 e. The van der Waals surface area contributed by atoms with Crippen molar-refractivity contribution in [2.45, 2.75) is 36.0 Å². The van der Waals surface area contributed by atoms with E-state index in [9.17, 15) is 4.79 Å². The van der Waals surface area contributed by atoms with Gasteiger partial charge in [-0.3, -0.25) is 10.1 Å². The van der Waals surface area contributed by atoms with E-state index in [2.05, 4.69) is 15.3 Å². The number of thioether (sulfide) groups is 1. The predicted octanol–water partition coefficient (Wildman–Crippen LogP) is 3.83. The van der Waals surface area contributed by atoms with Crippen molar-refractivity contribution in [1.29, 1.82) is 0 Å². The molecule has 20 heavy (non-hydrogen) atoms. The average molecular weight is 305 g/mol. The molecular formula is C14H15N3OS2. The first-order valence-electron chi connectivity index (χ1n) is 6.65. The number of carbonyl (C=O) groups is 1. The van der Waals surface area contributed by atoms with Crippen LogP contribution in [0, 0.1) is 0 Å². The second kappa shape index (κ2) is 6.37. The molecule has 104 valence electrons. The third kappa shape index (κ3) is 3.19. The molecule has 2 aromatic rings. The fraction of sp³-hybridized carbons (Fsp3) is 0.357. The van der Waals surface area contributed by atoms with Gasteiger partial charge in [0, 0.05) is 23.0 Å². The summed E-state index contributed by atoms with van der Waals surface area (Å²) in [5.74, 6) is -0.131. The highest BCUT2D eigenvalue weighted by molar-refractivity contribution is 7.99. The molecule has 0 unspecified atom stereocenters. The van der Waals surface area contributed by atoms with Crippen LogP contribution >= 0.6 is 23.1 Å². The number of hydrogen-bond donors (Lipinski definition) is 1. The molecular weight excluding hydrogens is 290 g/mol. The molecule has 1 N–H and O–H groups in total. The van der Waals surface area contributed by atoms with E-state index in [4.69, 9.17) is 0 Å². The lowest BCUT2D eigenvalue weighted by Crippen LogP contribution is -2.14. The van der Waals surface area contributed by atoms with Crippen molar-refractivity contribution in [3.63, 3.8) is 0 Å². The summed E-state index contributed by atoms with van der Waals surface area (Å²) in [7, 11) is 0. The number of amides is 1. The minimum absolute atomic E-state index is 0.131. The first-order valence-corrected chi connectivity index (χ1v) is 8.41. The van der Waals surface area contributed by atoms with Gasteiger partial charge in [0.25, 0.3) is 5.91 Å². The average Bonchev–Trinajstić information content (AvgIpc) is 3.13. The summed E-state index contributed by atoms with van der Waals surface area (Å²) < 4.78 is 0. The Hall–Kier alpha value is -1.40. The molecule has 0 atom stereocenters. The van der Waals surface area contributed by atoms with E-state index in [-0.39, 0.29) is 5.91 Å². The number of carbonyl (C=O) groups excluding carboxylic acids is 1. The van der Waals surface area contributed by atoms with Gasteiger partial charge in [0.1, 0.15) is 5.03 Å². The van der Waals surface area contributed by atoms with Crippen molar-refractivity contribution in [2.75, 3.05) is 5.32 Å². The standard InChI is InChI=1S/C14H15N3OS2/c18-12(17-14-16-8-9-19-14)11-6-3-7-15-13(11)20-10-4-1-2-5-10/h3,6-10H,1-2,4-5H2,(H,16,17,18). The lowest BCUT2D eigenvalue weighted by Gasteiger charge is -2.11. The lowest BCUT2D eigenvalue weighted by atomic mass is 10.3. The molecule has 0 spiro atoms. The molecule has 0 aromatic carbocycles. The zero-order chi connectivity index (χ0) is 13.8. The maximum atomic E-state index is 12.3. The van der Waals surface area contributed by atoms with Crippen molar-refractivity contribution >= 4 is 34.1 Å². The lowest BCUT2D eigenvalue weighted by molar-refractivity contribution is 0.102. The van der Waals surface area contributed by atoms with Crippen LogP contribution in [0.1, 0.15) is 36.0 Å². The number of aromatic nitrogens is 2. The van der Waals surface area contributed by atoms with E-state index in [1.54, 1.807) is 30.2 Å². The van der Waals surface area contributed by atoms with Crippen LogP contribution in [0.25, 0.3) is 0 Å². The second-order valence-electron chi connectivity index (χ2n) is 4.67. The van der Waals surface area contributed by atoms with Gasteiger partial charge in [-0.15, -0.1) is 23.1 Å². The van der Waals surface area contributed by atoms with Gasteiger partial charge in [-0.2, -0.15) is 0 Å². The summed E-state index contributed by atoms with van der Waals surface area (Å²) in [5, 5.41) is 6.70. The molecule has 0 saturated heterocycles. The maximum absolute atomic E-state index is 12.3. The van der Waals surface area contributed by atoms with E-state index < -0.39 is 0 Å². The van der Waals surface area contributed by atoms with E-state index in [0.717, 1.165) is 5.03 Å². The Labute approximate surface area is 126 Å². The SMILES string of the molecule is O=C(Nc1nccs1)c1cccnc1SC1CCCC1. The molecule has 1 aliphatic rings. The monoisotopic (exact) mass is 305 g/mol. The minimum Gasteiger partial charge on any atom is -0.298 e. The van der Waals surface area contributed by atoms with Crippen LogP contribution in [0.5, 0.6) is 0 Å². The summed E-state index contributed by atoms with van der Waals surface area (Å²) in [6.07, 6.45) is 8.43. The number of thiazole rings is 1. The van der Waals surface area contributed by atoms with Gasteiger partial charge in [0.15, 0.2) is 5.13 Å². The zero-order valence-corrected chi connectivity index (χ0v) is 12.5. The number of nitrogens with one attached hydrogen (secondary N) is 1. The summed E-state index contributed by atoms with van der Waals surface area (Å²) in [6.45, 7) is 0. The fourth-order valence-electron chi connectivity index (χ4n) is 2.27. The fourth-order valence-corrected chi connectivity index (χ4v) is 4.09. The molecule has 1 saturated carbocycles. The van der Waals surface area contributed by atoms with Crippen molar-refractivity contribution in [1.82, 2.24) is 9.97 Å². The van der Waals surface area contributed by atoms with Gasteiger partial charge in [0.2, 0.25) is 0 Å². The van der Waals surface area contributed by atoms with Crippen LogP contribution in [0.3, 0.4) is 0 Å². The summed E-state index contributed by atoms with van der Waals surface area (Å²) in [4.78, 5) is 20.8. The molecule has 6 heteroatoms. The highest BCUT2D eigenvalue weighted by atomic mass is 32.2.